The topological polar surface area (TPSA) is 60.5 Å². The number of anilines is 1. The fourth-order valence-electron chi connectivity index (χ4n) is 3.28. The maximum absolute atomic E-state index is 14.6. The highest BCUT2D eigenvalue weighted by Crippen LogP contribution is 2.37. The Morgan fingerprint density at radius 3 is 2.31 bits per heavy atom. The lowest BCUT2D eigenvalue weighted by atomic mass is 10.0. The Morgan fingerprint density at radius 2 is 1.69 bits per heavy atom. The molecule has 0 bridgehead atoms. The predicted molar refractivity (Wildman–Crippen MR) is 140 cm³/mol. The molecule has 5 nitrogen and oxygen atoms in total. The van der Waals surface area contributed by atoms with Gasteiger partial charge < -0.3 is 9.16 Å². The number of hydrogen-bond acceptors (Lipinski definition) is 4. The van der Waals surface area contributed by atoms with Crippen LogP contribution in [-0.2, 0) is 15.6 Å². The zero-order chi connectivity index (χ0) is 26.4. The Balaban J connectivity index is 2.18. The molecule has 0 aliphatic rings. The minimum atomic E-state index is -1.77. The number of nitrogens with zero attached hydrogens (tertiary/aromatic N) is 1. The third-order valence-electron chi connectivity index (χ3n) is 6.20. The third-order valence-corrected chi connectivity index (χ3v) is 10.7. The van der Waals surface area contributed by atoms with Crippen LogP contribution in [0.4, 0.5) is 19.3 Å². The van der Waals surface area contributed by atoms with E-state index in [-0.39, 0.29) is 10.6 Å². The summed E-state index contributed by atoms with van der Waals surface area (Å²) in [5, 5.41) is 2.91. The highest BCUT2D eigenvalue weighted by molar-refractivity contribution is 6.74. The Labute approximate surface area is 209 Å². The second-order valence-electron chi connectivity index (χ2n) is 11.4. The minimum Gasteiger partial charge on any atom is -0.444 e. The van der Waals surface area contributed by atoms with Crippen LogP contribution in [0.5, 0.6) is 0 Å². The standard InChI is InChI=1S/C27H40F2N2O3Si/c1-26(2,3)34-25(32)31-24-20(21-18-19(28)13-14-22(21)29)15-16-30-23(24)12-10-9-11-17-33-35(7,8)27(4,5)6/h13-16,18H,9-12,17H2,1-8H3,(H,31,32). The van der Waals surface area contributed by atoms with E-state index in [9.17, 15) is 13.6 Å². The normalized spacial score (nSPS) is 12.5. The lowest BCUT2D eigenvalue weighted by Gasteiger charge is -2.36. The maximum Gasteiger partial charge on any atom is 0.412 e. The van der Waals surface area contributed by atoms with Crippen molar-refractivity contribution in [2.24, 2.45) is 0 Å². The number of aromatic nitrogens is 1. The van der Waals surface area contributed by atoms with Gasteiger partial charge in [0, 0.05) is 23.9 Å². The van der Waals surface area contributed by atoms with Crippen molar-refractivity contribution >= 4 is 20.1 Å². The van der Waals surface area contributed by atoms with Crippen LogP contribution in [0.25, 0.3) is 11.1 Å². The van der Waals surface area contributed by atoms with E-state index in [1.807, 2.05) is 0 Å². The number of carbonyl (C=O) groups excluding carboxylic acids is 1. The van der Waals surface area contributed by atoms with Crippen molar-refractivity contribution in [3.63, 3.8) is 0 Å². The van der Waals surface area contributed by atoms with Crippen LogP contribution in [0.2, 0.25) is 18.1 Å². The van der Waals surface area contributed by atoms with E-state index in [0.717, 1.165) is 37.5 Å². The summed E-state index contributed by atoms with van der Waals surface area (Å²) in [6, 6.07) is 4.83. The van der Waals surface area contributed by atoms with E-state index in [4.69, 9.17) is 9.16 Å². The number of pyridine rings is 1. The first-order valence-electron chi connectivity index (χ1n) is 12.2. The van der Waals surface area contributed by atoms with E-state index in [2.05, 4.69) is 44.2 Å². The maximum atomic E-state index is 14.6. The summed E-state index contributed by atoms with van der Waals surface area (Å²) < 4.78 is 40.2. The molecule has 0 spiro atoms. The molecule has 35 heavy (non-hydrogen) atoms. The van der Waals surface area contributed by atoms with Gasteiger partial charge in [0.25, 0.3) is 0 Å². The lowest BCUT2D eigenvalue weighted by molar-refractivity contribution is 0.0635. The summed E-state index contributed by atoms with van der Waals surface area (Å²) in [5.74, 6) is -1.15. The van der Waals surface area contributed by atoms with Gasteiger partial charge >= 0.3 is 6.09 Å². The molecule has 1 heterocycles. The van der Waals surface area contributed by atoms with E-state index < -0.39 is 31.6 Å². The van der Waals surface area contributed by atoms with Gasteiger partial charge in [-0.1, -0.05) is 27.2 Å². The quantitative estimate of drug-likeness (QED) is 0.276. The van der Waals surface area contributed by atoms with Gasteiger partial charge in [-0.3, -0.25) is 10.3 Å². The summed E-state index contributed by atoms with van der Waals surface area (Å²) >= 11 is 0. The van der Waals surface area contributed by atoms with Crippen LogP contribution in [0, 0.1) is 11.6 Å². The zero-order valence-corrected chi connectivity index (χ0v) is 23.4. The summed E-state index contributed by atoms with van der Waals surface area (Å²) in [6.07, 6.45) is 4.09. The fraction of sp³-hybridized carbons (Fsp3) is 0.556. The second kappa shape index (κ2) is 11.6. The molecular weight excluding hydrogens is 466 g/mol. The first kappa shape index (κ1) is 28.9. The molecule has 8 heteroatoms. The number of halogens is 2. The SMILES string of the molecule is CC(C)(C)OC(=O)Nc1c(-c2cc(F)ccc2F)ccnc1CCCCCO[Si](C)(C)C(C)(C)C. The van der Waals surface area contributed by atoms with Crippen LogP contribution in [0.1, 0.15) is 66.5 Å². The number of hydrogen-bond donors (Lipinski definition) is 1. The van der Waals surface area contributed by atoms with Gasteiger partial charge in [-0.15, -0.1) is 0 Å². The van der Waals surface area contributed by atoms with Crippen molar-refractivity contribution < 1.29 is 22.7 Å². The summed E-state index contributed by atoms with van der Waals surface area (Å²) in [6.45, 7) is 17.1. The highest BCUT2D eigenvalue weighted by atomic mass is 28.4. The van der Waals surface area contributed by atoms with Crippen LogP contribution in [0.3, 0.4) is 0 Å². The fourth-order valence-corrected chi connectivity index (χ4v) is 4.37. The molecule has 0 aliphatic heterocycles. The van der Waals surface area contributed by atoms with Gasteiger partial charge in [-0.05, 0) is 82.4 Å². The van der Waals surface area contributed by atoms with Crippen molar-refractivity contribution in [2.75, 3.05) is 11.9 Å². The van der Waals surface area contributed by atoms with E-state index >= 15 is 0 Å². The largest absolute Gasteiger partial charge is 0.444 e. The van der Waals surface area contributed by atoms with Gasteiger partial charge in [0.15, 0.2) is 8.32 Å². The summed E-state index contributed by atoms with van der Waals surface area (Å²) in [7, 11) is -1.77. The van der Waals surface area contributed by atoms with Gasteiger partial charge in [0.05, 0.1) is 11.4 Å². The second-order valence-corrected chi connectivity index (χ2v) is 16.2. The molecule has 1 N–H and O–H groups in total. The molecule has 0 saturated carbocycles. The van der Waals surface area contributed by atoms with Crippen LogP contribution >= 0.6 is 0 Å². The molecule has 2 rings (SSSR count). The Morgan fingerprint density at radius 1 is 1.00 bits per heavy atom. The van der Waals surface area contributed by atoms with Crippen molar-refractivity contribution in [3.8, 4) is 11.1 Å². The van der Waals surface area contributed by atoms with Gasteiger partial charge in [-0.25, -0.2) is 13.6 Å². The van der Waals surface area contributed by atoms with Crippen molar-refractivity contribution in [3.05, 3.63) is 47.8 Å². The molecule has 0 fully saturated rings. The molecule has 194 valence electrons. The molecular formula is C27H40F2N2O3Si. The highest BCUT2D eigenvalue weighted by Gasteiger charge is 2.36. The van der Waals surface area contributed by atoms with Crippen molar-refractivity contribution in [2.45, 2.75) is 91.0 Å². The Bertz CT molecular complexity index is 1010. The number of amides is 1. The summed E-state index contributed by atoms with van der Waals surface area (Å²) in [5.41, 5.74) is 0.647. The number of rotatable bonds is 9. The van der Waals surface area contributed by atoms with Crippen molar-refractivity contribution in [1.82, 2.24) is 4.98 Å². The number of carbonyl (C=O) groups is 1. The number of unbranched alkanes of at least 4 members (excludes halogenated alkanes) is 2. The summed E-state index contributed by atoms with van der Waals surface area (Å²) in [4.78, 5) is 17.0. The zero-order valence-electron chi connectivity index (χ0n) is 22.4. The smallest absolute Gasteiger partial charge is 0.412 e. The first-order valence-corrected chi connectivity index (χ1v) is 15.1. The van der Waals surface area contributed by atoms with E-state index in [1.165, 1.54) is 0 Å². The molecule has 0 unspecified atom stereocenters. The number of benzene rings is 1. The van der Waals surface area contributed by atoms with Gasteiger partial charge in [-0.2, -0.15) is 0 Å². The van der Waals surface area contributed by atoms with Crippen LogP contribution in [-0.4, -0.2) is 31.6 Å². The van der Waals surface area contributed by atoms with Gasteiger partial charge in [0.2, 0.25) is 0 Å². The van der Waals surface area contributed by atoms with Crippen LogP contribution in [0.15, 0.2) is 30.5 Å². The molecule has 0 saturated heterocycles. The molecule has 1 aromatic carbocycles. The average molecular weight is 507 g/mol. The monoisotopic (exact) mass is 506 g/mol. The van der Waals surface area contributed by atoms with E-state index in [0.29, 0.717) is 30.0 Å². The molecule has 0 radical (unpaired) electrons. The Kier molecular flexibility index (Phi) is 9.59. The molecule has 1 aromatic heterocycles. The Hall–Kier alpha value is -2.32. The number of ether oxygens (including phenoxy) is 1. The van der Waals surface area contributed by atoms with Crippen LogP contribution < -0.4 is 5.32 Å². The molecule has 0 aliphatic carbocycles. The molecule has 2 aromatic rings. The molecule has 1 amide bonds. The van der Waals surface area contributed by atoms with Gasteiger partial charge in [0.1, 0.15) is 17.2 Å². The lowest BCUT2D eigenvalue weighted by Crippen LogP contribution is -2.40. The first-order chi connectivity index (χ1) is 16.1. The van der Waals surface area contributed by atoms with E-state index in [1.54, 1.807) is 33.0 Å². The third kappa shape index (κ3) is 8.68. The molecule has 0 atom stereocenters. The predicted octanol–water partition coefficient (Wildman–Crippen LogP) is 8.11. The minimum absolute atomic E-state index is 0.0579. The number of nitrogens with one attached hydrogen (secondary N) is 1. The van der Waals surface area contributed by atoms with Crippen molar-refractivity contribution in [1.29, 1.82) is 0 Å². The average Bonchev–Trinajstić information content (AvgIpc) is 2.71. The number of aryl methyl sites for hydroxylation is 1.